The monoisotopic (exact) mass is 265 g/mol. The lowest BCUT2D eigenvalue weighted by Crippen LogP contribution is -2.10. The van der Waals surface area contributed by atoms with E-state index in [4.69, 9.17) is 11.6 Å². The first-order valence-corrected chi connectivity index (χ1v) is 6.00. The molecular formula is C12H15ClF3N. The quantitative estimate of drug-likeness (QED) is 0.600. The van der Waals surface area contributed by atoms with E-state index in [1.807, 2.05) is 24.3 Å². The number of aryl methyl sites for hydroxylation is 1. The molecule has 0 bridgehead atoms. The second kappa shape index (κ2) is 6.74. The molecule has 0 saturated heterocycles. The lowest BCUT2D eigenvalue weighted by Gasteiger charge is -2.08. The Hall–Kier alpha value is -0.900. The third-order valence-corrected chi connectivity index (χ3v) is 2.49. The van der Waals surface area contributed by atoms with Crippen LogP contribution < -0.4 is 5.32 Å². The van der Waals surface area contributed by atoms with Crippen LogP contribution in [0.4, 0.5) is 18.9 Å². The van der Waals surface area contributed by atoms with Gasteiger partial charge in [0, 0.05) is 24.5 Å². The summed E-state index contributed by atoms with van der Waals surface area (Å²) >= 11 is 5.60. The van der Waals surface area contributed by atoms with E-state index in [9.17, 15) is 13.2 Å². The van der Waals surface area contributed by atoms with Crippen LogP contribution in [0.1, 0.15) is 18.4 Å². The Morgan fingerprint density at radius 3 is 2.29 bits per heavy atom. The predicted octanol–water partition coefficient (Wildman–Crippen LogP) is 4.22. The average molecular weight is 266 g/mol. The van der Waals surface area contributed by atoms with Crippen molar-refractivity contribution in [1.29, 1.82) is 0 Å². The molecule has 0 spiro atoms. The number of nitrogens with one attached hydrogen (secondary N) is 1. The first-order valence-electron chi connectivity index (χ1n) is 5.47. The number of alkyl halides is 4. The van der Waals surface area contributed by atoms with Crippen LogP contribution in [0.25, 0.3) is 0 Å². The molecule has 1 nitrogen and oxygen atoms in total. The Morgan fingerprint density at radius 1 is 1.12 bits per heavy atom. The van der Waals surface area contributed by atoms with E-state index in [0.29, 0.717) is 12.4 Å². The normalized spacial score (nSPS) is 11.5. The van der Waals surface area contributed by atoms with E-state index < -0.39 is 12.6 Å². The fourth-order valence-corrected chi connectivity index (χ4v) is 1.64. The van der Waals surface area contributed by atoms with Crippen molar-refractivity contribution < 1.29 is 13.2 Å². The maximum absolute atomic E-state index is 11.9. The minimum Gasteiger partial charge on any atom is -0.385 e. The molecule has 0 saturated carbocycles. The molecular weight excluding hydrogens is 251 g/mol. The van der Waals surface area contributed by atoms with E-state index in [1.165, 1.54) is 0 Å². The second-order valence-electron chi connectivity index (χ2n) is 3.78. The highest BCUT2D eigenvalue weighted by atomic mass is 35.5. The Morgan fingerprint density at radius 2 is 1.76 bits per heavy atom. The van der Waals surface area contributed by atoms with Crippen LogP contribution in [0, 0.1) is 0 Å². The van der Waals surface area contributed by atoms with Crippen molar-refractivity contribution in [2.45, 2.75) is 25.4 Å². The van der Waals surface area contributed by atoms with E-state index >= 15 is 0 Å². The molecule has 0 unspecified atom stereocenters. The molecule has 96 valence electrons. The molecule has 1 N–H and O–H groups in total. The fraction of sp³-hybridized carbons (Fsp3) is 0.500. The van der Waals surface area contributed by atoms with Crippen molar-refractivity contribution >= 4 is 17.3 Å². The van der Waals surface area contributed by atoms with Crippen molar-refractivity contribution in [1.82, 2.24) is 0 Å². The van der Waals surface area contributed by atoms with Gasteiger partial charge in [0.25, 0.3) is 0 Å². The topological polar surface area (TPSA) is 12.0 Å². The zero-order valence-corrected chi connectivity index (χ0v) is 10.1. The first kappa shape index (κ1) is 14.2. The molecule has 0 fully saturated rings. The molecule has 1 aromatic rings. The SMILES string of the molecule is FC(F)(F)CCCNc1ccc(CCCl)cc1. The lowest BCUT2D eigenvalue weighted by atomic mass is 10.1. The molecule has 0 aliphatic rings. The summed E-state index contributed by atoms with van der Waals surface area (Å²) in [5.41, 5.74) is 1.96. The van der Waals surface area contributed by atoms with E-state index in [0.717, 1.165) is 17.7 Å². The highest BCUT2D eigenvalue weighted by Gasteiger charge is 2.25. The zero-order chi connectivity index (χ0) is 12.7. The maximum Gasteiger partial charge on any atom is 0.389 e. The summed E-state index contributed by atoms with van der Waals surface area (Å²) < 4.78 is 35.6. The summed E-state index contributed by atoms with van der Waals surface area (Å²) in [6, 6.07) is 7.56. The van der Waals surface area contributed by atoms with Gasteiger partial charge in [-0.2, -0.15) is 13.2 Å². The van der Waals surface area contributed by atoms with Gasteiger partial charge < -0.3 is 5.32 Å². The van der Waals surface area contributed by atoms with Crippen LogP contribution in [0.5, 0.6) is 0 Å². The Labute approximate surface area is 104 Å². The van der Waals surface area contributed by atoms with Crippen molar-refractivity contribution in [2.75, 3.05) is 17.7 Å². The van der Waals surface area contributed by atoms with Crippen LogP contribution in [0.2, 0.25) is 0 Å². The van der Waals surface area contributed by atoms with Crippen molar-refractivity contribution in [3.63, 3.8) is 0 Å². The minimum atomic E-state index is -4.06. The van der Waals surface area contributed by atoms with E-state index in [-0.39, 0.29) is 6.42 Å². The van der Waals surface area contributed by atoms with Crippen LogP contribution >= 0.6 is 11.6 Å². The van der Waals surface area contributed by atoms with Gasteiger partial charge in [0.15, 0.2) is 0 Å². The molecule has 5 heteroatoms. The molecule has 1 aromatic carbocycles. The third-order valence-electron chi connectivity index (χ3n) is 2.30. The van der Waals surface area contributed by atoms with Crippen molar-refractivity contribution in [2.24, 2.45) is 0 Å². The minimum absolute atomic E-state index is 0.0902. The third kappa shape index (κ3) is 6.41. The number of hydrogen-bond acceptors (Lipinski definition) is 1. The highest BCUT2D eigenvalue weighted by Crippen LogP contribution is 2.21. The molecule has 1 rings (SSSR count). The van der Waals surface area contributed by atoms with Crippen LogP contribution in [0.15, 0.2) is 24.3 Å². The van der Waals surface area contributed by atoms with Crippen LogP contribution in [0.3, 0.4) is 0 Å². The second-order valence-corrected chi connectivity index (χ2v) is 4.16. The largest absolute Gasteiger partial charge is 0.389 e. The smallest absolute Gasteiger partial charge is 0.385 e. The Bertz CT molecular complexity index is 322. The molecule has 0 heterocycles. The summed E-state index contributed by atoms with van der Waals surface area (Å²) in [7, 11) is 0. The standard InChI is InChI=1S/C12H15ClF3N/c13-8-6-10-2-4-11(5-3-10)17-9-1-7-12(14,15)16/h2-5,17H,1,6-9H2. The lowest BCUT2D eigenvalue weighted by molar-refractivity contribution is -0.134. The van der Waals surface area contributed by atoms with Crippen molar-refractivity contribution in [3.05, 3.63) is 29.8 Å². The zero-order valence-electron chi connectivity index (χ0n) is 9.36. The predicted molar refractivity (Wildman–Crippen MR) is 64.6 cm³/mol. The van der Waals surface area contributed by atoms with Gasteiger partial charge in [0.1, 0.15) is 0 Å². The number of hydrogen-bond donors (Lipinski definition) is 1. The van der Waals surface area contributed by atoms with E-state index in [2.05, 4.69) is 5.32 Å². The van der Waals surface area contributed by atoms with Crippen LogP contribution in [-0.4, -0.2) is 18.6 Å². The molecule has 0 aromatic heterocycles. The molecule has 0 atom stereocenters. The Balaban J connectivity index is 2.27. The van der Waals surface area contributed by atoms with Gasteiger partial charge in [0.05, 0.1) is 0 Å². The number of benzene rings is 1. The van der Waals surface area contributed by atoms with Crippen LogP contribution in [-0.2, 0) is 6.42 Å². The molecule has 17 heavy (non-hydrogen) atoms. The first-order chi connectivity index (χ1) is 8.01. The summed E-state index contributed by atoms with van der Waals surface area (Å²) in [6.45, 7) is 0.328. The molecule has 0 radical (unpaired) electrons. The average Bonchev–Trinajstić information content (AvgIpc) is 2.26. The van der Waals surface area contributed by atoms with Gasteiger partial charge in [-0.05, 0) is 30.5 Å². The van der Waals surface area contributed by atoms with E-state index in [1.54, 1.807) is 0 Å². The maximum atomic E-state index is 11.9. The summed E-state index contributed by atoms with van der Waals surface area (Å²) in [6.07, 6.45) is -3.92. The van der Waals surface area contributed by atoms with Gasteiger partial charge in [-0.15, -0.1) is 11.6 Å². The molecule has 0 aliphatic carbocycles. The summed E-state index contributed by atoms with van der Waals surface area (Å²) in [5.74, 6) is 0.568. The molecule has 0 aliphatic heterocycles. The van der Waals surface area contributed by atoms with Crippen molar-refractivity contribution in [3.8, 4) is 0 Å². The number of rotatable bonds is 6. The fourth-order valence-electron chi connectivity index (χ4n) is 1.42. The highest BCUT2D eigenvalue weighted by molar-refractivity contribution is 6.17. The summed E-state index contributed by atoms with van der Waals surface area (Å²) in [4.78, 5) is 0. The number of anilines is 1. The summed E-state index contributed by atoms with van der Waals surface area (Å²) in [5, 5.41) is 2.95. The van der Waals surface area contributed by atoms with Gasteiger partial charge in [-0.3, -0.25) is 0 Å². The van der Waals surface area contributed by atoms with Gasteiger partial charge >= 0.3 is 6.18 Å². The Kier molecular flexibility index (Phi) is 5.62. The molecule has 0 amide bonds. The van der Waals surface area contributed by atoms with Gasteiger partial charge in [-0.25, -0.2) is 0 Å². The van der Waals surface area contributed by atoms with Gasteiger partial charge in [0.2, 0.25) is 0 Å². The number of halogens is 4. The van der Waals surface area contributed by atoms with Gasteiger partial charge in [-0.1, -0.05) is 12.1 Å².